The van der Waals surface area contributed by atoms with Gasteiger partial charge in [-0.15, -0.1) is 13.2 Å². The van der Waals surface area contributed by atoms with Crippen molar-refractivity contribution in [2.24, 2.45) is 0 Å². The lowest BCUT2D eigenvalue weighted by atomic mass is 10.2. The van der Waals surface area contributed by atoms with Crippen molar-refractivity contribution in [3.8, 4) is 17.2 Å². The number of para-hydroxylation sites is 3. The van der Waals surface area contributed by atoms with E-state index in [0.717, 1.165) is 0 Å². The fourth-order valence-corrected chi connectivity index (χ4v) is 1.84. The fraction of sp³-hybridized carbons (Fsp3) is 0.188. The number of nitrogens with zero attached hydrogens (tertiary/aromatic N) is 1. The third kappa shape index (κ3) is 3.58. The molecule has 0 aliphatic rings. The number of fused-ring (bicyclic) bond motifs is 1. The lowest BCUT2D eigenvalue weighted by Gasteiger charge is -2.10. The zero-order chi connectivity index (χ0) is 16.2. The maximum atomic E-state index is 12.4. The third-order valence-electron chi connectivity index (χ3n) is 2.64. The molecule has 116 valence electrons. The lowest BCUT2D eigenvalue weighted by Crippen LogP contribution is -2.17. The van der Waals surface area contributed by atoms with Crippen LogP contribution >= 0.6 is 0 Å². The highest BCUT2D eigenvalue weighted by Gasteiger charge is 2.32. The van der Waals surface area contributed by atoms with Crippen molar-refractivity contribution < 1.29 is 22.3 Å². The topological polar surface area (TPSA) is 35.3 Å². The summed E-state index contributed by atoms with van der Waals surface area (Å²) in [6.07, 6.45) is -4.76. The highest BCUT2D eigenvalue weighted by Crippen LogP contribution is 2.34. The predicted molar refractivity (Wildman–Crippen MR) is 77.5 cm³/mol. The van der Waals surface area contributed by atoms with Crippen molar-refractivity contribution in [2.75, 3.05) is 0 Å². The monoisotopic (exact) mass is 309 g/mol. The first-order chi connectivity index (χ1) is 10.5. The van der Waals surface area contributed by atoms with Crippen molar-refractivity contribution in [1.29, 1.82) is 0 Å². The van der Waals surface area contributed by atoms with Crippen LogP contribution < -0.4 is 4.74 Å². The summed E-state index contributed by atoms with van der Waals surface area (Å²) in [5.74, 6) is -0.252. The molecule has 6 heteroatoms. The summed E-state index contributed by atoms with van der Waals surface area (Å²) in [7, 11) is 0. The average molecular weight is 309 g/mol. The molecule has 0 unspecified atom stereocenters. The van der Waals surface area contributed by atoms with Crippen molar-refractivity contribution in [3.05, 3.63) is 48.5 Å². The maximum Gasteiger partial charge on any atom is 0.573 e. The first kappa shape index (κ1) is 15.9. The molecule has 0 radical (unpaired) electrons. The molecule has 3 rings (SSSR count). The third-order valence-corrected chi connectivity index (χ3v) is 2.64. The van der Waals surface area contributed by atoms with Gasteiger partial charge in [-0.3, -0.25) is 0 Å². The minimum Gasteiger partial charge on any atom is -0.436 e. The van der Waals surface area contributed by atoms with Crippen LogP contribution in [0.2, 0.25) is 0 Å². The second-order valence-electron chi connectivity index (χ2n) is 4.03. The number of halogens is 3. The Balaban J connectivity index is 0.000000847. The molecule has 0 bridgehead atoms. The van der Waals surface area contributed by atoms with E-state index in [1.807, 2.05) is 13.8 Å². The van der Waals surface area contributed by atoms with Crippen LogP contribution in [0.25, 0.3) is 22.6 Å². The number of alkyl halides is 3. The van der Waals surface area contributed by atoms with E-state index in [1.54, 1.807) is 30.3 Å². The Hall–Kier alpha value is -2.50. The second-order valence-corrected chi connectivity index (χ2v) is 4.03. The van der Waals surface area contributed by atoms with Crippen LogP contribution in [0.1, 0.15) is 13.8 Å². The second kappa shape index (κ2) is 6.51. The Morgan fingerprint density at radius 2 is 1.59 bits per heavy atom. The van der Waals surface area contributed by atoms with Crippen LogP contribution in [0.5, 0.6) is 5.75 Å². The zero-order valence-corrected chi connectivity index (χ0v) is 12.0. The number of oxazole rings is 1. The van der Waals surface area contributed by atoms with E-state index in [1.165, 1.54) is 18.2 Å². The molecule has 0 fully saturated rings. The molecule has 1 heterocycles. The molecule has 0 amide bonds. The Labute approximate surface area is 125 Å². The molecule has 0 N–H and O–H groups in total. The highest BCUT2D eigenvalue weighted by molar-refractivity contribution is 5.77. The molecule has 3 nitrogen and oxygen atoms in total. The first-order valence-electron chi connectivity index (χ1n) is 6.74. The van der Waals surface area contributed by atoms with Gasteiger partial charge in [-0.1, -0.05) is 38.1 Å². The molecule has 22 heavy (non-hydrogen) atoms. The Morgan fingerprint density at radius 3 is 2.27 bits per heavy atom. The maximum absolute atomic E-state index is 12.4. The molecule has 0 atom stereocenters. The van der Waals surface area contributed by atoms with E-state index < -0.39 is 6.36 Å². The Kier molecular flexibility index (Phi) is 4.70. The van der Waals surface area contributed by atoms with Crippen molar-refractivity contribution in [3.63, 3.8) is 0 Å². The largest absolute Gasteiger partial charge is 0.573 e. The molecule has 0 aliphatic carbocycles. The van der Waals surface area contributed by atoms with Crippen LogP contribution in [-0.2, 0) is 0 Å². The Bertz CT molecular complexity index is 717. The molecular weight excluding hydrogens is 295 g/mol. The summed E-state index contributed by atoms with van der Waals surface area (Å²) >= 11 is 0. The van der Waals surface area contributed by atoms with E-state index in [4.69, 9.17) is 4.42 Å². The standard InChI is InChI=1S/C14H8F3NO2.C2H6/c15-14(16,17)20-11-7-3-1-5-9(11)13-18-10-6-2-4-8-12(10)19-13;1-2/h1-8H;1-2H3. The van der Waals surface area contributed by atoms with E-state index in [-0.39, 0.29) is 17.2 Å². The van der Waals surface area contributed by atoms with Crippen LogP contribution in [0.15, 0.2) is 52.9 Å². The minimum atomic E-state index is -4.76. The van der Waals surface area contributed by atoms with E-state index >= 15 is 0 Å². The lowest BCUT2D eigenvalue weighted by molar-refractivity contribution is -0.274. The van der Waals surface area contributed by atoms with Gasteiger partial charge in [0.15, 0.2) is 5.58 Å². The number of benzene rings is 2. The summed E-state index contributed by atoms with van der Waals surface area (Å²) in [6.45, 7) is 4.00. The van der Waals surface area contributed by atoms with Gasteiger partial charge < -0.3 is 9.15 Å². The van der Waals surface area contributed by atoms with E-state index in [9.17, 15) is 13.2 Å². The number of aromatic nitrogens is 1. The first-order valence-corrected chi connectivity index (χ1v) is 6.74. The SMILES string of the molecule is CC.FC(F)(F)Oc1ccccc1-c1nc2ccccc2o1. The van der Waals surface area contributed by atoms with Gasteiger partial charge in [-0.2, -0.15) is 0 Å². The highest BCUT2D eigenvalue weighted by atomic mass is 19.4. The number of hydrogen-bond donors (Lipinski definition) is 0. The van der Waals surface area contributed by atoms with Gasteiger partial charge in [0.2, 0.25) is 5.89 Å². The van der Waals surface area contributed by atoms with Crippen molar-refractivity contribution >= 4 is 11.1 Å². The number of hydrogen-bond acceptors (Lipinski definition) is 3. The summed E-state index contributed by atoms with van der Waals surface area (Å²) < 4.78 is 46.5. The molecule has 0 saturated heterocycles. The molecule has 0 aliphatic heterocycles. The van der Waals surface area contributed by atoms with Gasteiger partial charge in [0.1, 0.15) is 11.3 Å². The molecule has 0 spiro atoms. The van der Waals surface area contributed by atoms with Gasteiger partial charge in [-0.05, 0) is 24.3 Å². The number of ether oxygens (including phenoxy) is 1. The summed E-state index contributed by atoms with van der Waals surface area (Å²) in [5.41, 5.74) is 1.23. The number of rotatable bonds is 2. The summed E-state index contributed by atoms with van der Waals surface area (Å²) in [6, 6.07) is 12.7. The summed E-state index contributed by atoms with van der Waals surface area (Å²) in [5, 5.41) is 0. The quantitative estimate of drug-likeness (QED) is 0.634. The van der Waals surface area contributed by atoms with Crippen LogP contribution in [0, 0.1) is 0 Å². The van der Waals surface area contributed by atoms with Gasteiger partial charge in [0, 0.05) is 0 Å². The van der Waals surface area contributed by atoms with Crippen molar-refractivity contribution in [1.82, 2.24) is 4.98 Å². The van der Waals surface area contributed by atoms with Crippen LogP contribution in [0.4, 0.5) is 13.2 Å². The normalized spacial score (nSPS) is 11.0. The molecule has 2 aromatic carbocycles. The summed E-state index contributed by atoms with van der Waals surface area (Å²) in [4.78, 5) is 4.16. The Morgan fingerprint density at radius 1 is 0.955 bits per heavy atom. The fourth-order valence-electron chi connectivity index (χ4n) is 1.84. The molecule has 3 aromatic rings. The van der Waals surface area contributed by atoms with Crippen LogP contribution in [-0.4, -0.2) is 11.3 Å². The predicted octanol–water partition coefficient (Wildman–Crippen LogP) is 5.42. The van der Waals surface area contributed by atoms with Gasteiger partial charge in [-0.25, -0.2) is 4.98 Å². The van der Waals surface area contributed by atoms with E-state index in [0.29, 0.717) is 11.1 Å². The van der Waals surface area contributed by atoms with Crippen molar-refractivity contribution in [2.45, 2.75) is 20.2 Å². The van der Waals surface area contributed by atoms with Gasteiger partial charge in [0.05, 0.1) is 5.56 Å². The molecule has 1 aromatic heterocycles. The molecular formula is C16H14F3NO2. The zero-order valence-electron chi connectivity index (χ0n) is 12.0. The minimum absolute atomic E-state index is 0.0889. The van der Waals surface area contributed by atoms with Crippen LogP contribution in [0.3, 0.4) is 0 Å². The smallest absolute Gasteiger partial charge is 0.436 e. The molecule has 0 saturated carbocycles. The van der Waals surface area contributed by atoms with E-state index in [2.05, 4.69) is 9.72 Å². The average Bonchev–Trinajstić information content (AvgIpc) is 2.92. The van der Waals surface area contributed by atoms with Gasteiger partial charge in [0.25, 0.3) is 0 Å². The van der Waals surface area contributed by atoms with Gasteiger partial charge >= 0.3 is 6.36 Å².